The molecule has 2 heterocycles. The third-order valence-corrected chi connectivity index (χ3v) is 6.38. The van der Waals surface area contributed by atoms with Gasteiger partial charge in [0.05, 0.1) is 22.0 Å². The molecule has 2 aromatic rings. The smallest absolute Gasteiger partial charge is 0.228 e. The summed E-state index contributed by atoms with van der Waals surface area (Å²) in [6.07, 6.45) is 1.29. The molecule has 1 aliphatic rings. The van der Waals surface area contributed by atoms with E-state index in [1.54, 1.807) is 12.1 Å². The number of aryl methyl sites for hydroxylation is 1. The summed E-state index contributed by atoms with van der Waals surface area (Å²) in [4.78, 5) is 18.4. The molecule has 3 rings (SSSR count). The van der Waals surface area contributed by atoms with E-state index in [2.05, 4.69) is 10.3 Å². The van der Waals surface area contributed by atoms with Crippen LogP contribution in [0.3, 0.4) is 0 Å². The predicted molar refractivity (Wildman–Crippen MR) is 100 cm³/mol. The minimum Gasteiger partial charge on any atom is -0.381 e. The van der Waals surface area contributed by atoms with Crippen LogP contribution in [-0.2, 0) is 9.53 Å². The fourth-order valence-corrected chi connectivity index (χ4v) is 4.30. The van der Waals surface area contributed by atoms with Crippen molar-refractivity contribution in [3.05, 3.63) is 40.7 Å². The van der Waals surface area contributed by atoms with Gasteiger partial charge in [0, 0.05) is 25.3 Å². The molecular weight excluding hydrogens is 353 g/mol. The Balaban J connectivity index is 1.76. The highest BCUT2D eigenvalue weighted by molar-refractivity contribution is 7.15. The van der Waals surface area contributed by atoms with Crippen LogP contribution >= 0.6 is 11.3 Å². The molecule has 0 aliphatic carbocycles. The Morgan fingerprint density at radius 3 is 2.65 bits per heavy atom. The van der Waals surface area contributed by atoms with Crippen molar-refractivity contribution in [3.8, 4) is 10.6 Å². The average molecular weight is 377 g/mol. The van der Waals surface area contributed by atoms with E-state index in [1.807, 2.05) is 13.8 Å². The van der Waals surface area contributed by atoms with E-state index in [-0.39, 0.29) is 17.8 Å². The van der Waals surface area contributed by atoms with E-state index in [9.17, 15) is 9.18 Å². The summed E-state index contributed by atoms with van der Waals surface area (Å²) in [5, 5.41) is 3.93. The summed E-state index contributed by atoms with van der Waals surface area (Å²) in [6.45, 7) is 5.32. The van der Waals surface area contributed by atoms with Crippen molar-refractivity contribution < 1.29 is 13.9 Å². The van der Waals surface area contributed by atoms with Crippen LogP contribution in [0.5, 0.6) is 0 Å². The zero-order valence-corrected chi connectivity index (χ0v) is 15.9. The Hall–Kier alpha value is -1.83. The van der Waals surface area contributed by atoms with Gasteiger partial charge >= 0.3 is 0 Å². The van der Waals surface area contributed by atoms with E-state index >= 15 is 0 Å². The number of aromatic nitrogens is 1. The molecule has 1 atom stereocenters. The van der Waals surface area contributed by atoms with Gasteiger partial charge in [0.1, 0.15) is 10.8 Å². The molecule has 3 N–H and O–H groups in total. The number of ether oxygens (including phenoxy) is 1. The van der Waals surface area contributed by atoms with Gasteiger partial charge in [-0.05, 0) is 51.0 Å². The number of hydrogen-bond donors (Lipinski definition) is 2. The Labute approximate surface area is 156 Å². The van der Waals surface area contributed by atoms with E-state index in [4.69, 9.17) is 10.5 Å². The lowest BCUT2D eigenvalue weighted by Gasteiger charge is -2.35. The Kier molecular flexibility index (Phi) is 5.70. The largest absolute Gasteiger partial charge is 0.381 e. The van der Waals surface area contributed by atoms with Crippen LogP contribution in [0.1, 0.15) is 36.4 Å². The van der Waals surface area contributed by atoms with Crippen molar-refractivity contribution in [1.82, 2.24) is 10.3 Å². The number of amides is 1. The van der Waals surface area contributed by atoms with Gasteiger partial charge in [-0.15, -0.1) is 11.3 Å². The molecule has 26 heavy (non-hydrogen) atoms. The van der Waals surface area contributed by atoms with Gasteiger partial charge in [0.15, 0.2) is 0 Å². The monoisotopic (exact) mass is 377 g/mol. The number of carbonyl (C=O) groups excluding carboxylic acids is 1. The molecule has 1 fully saturated rings. The van der Waals surface area contributed by atoms with Crippen molar-refractivity contribution in [1.29, 1.82) is 0 Å². The average Bonchev–Trinajstić information content (AvgIpc) is 3.04. The van der Waals surface area contributed by atoms with Crippen molar-refractivity contribution in [2.45, 2.75) is 32.7 Å². The molecule has 0 saturated carbocycles. The topological polar surface area (TPSA) is 77.2 Å². The van der Waals surface area contributed by atoms with Crippen LogP contribution in [0, 0.1) is 18.2 Å². The summed E-state index contributed by atoms with van der Waals surface area (Å²) in [5.74, 6) is -0.293. The summed E-state index contributed by atoms with van der Waals surface area (Å²) in [5.41, 5.74) is 7.11. The molecule has 1 saturated heterocycles. The highest BCUT2D eigenvalue weighted by Gasteiger charge is 2.39. The first-order valence-electron chi connectivity index (χ1n) is 8.77. The maximum atomic E-state index is 13.1. The third kappa shape index (κ3) is 3.79. The SMILES string of the molecule is Cc1nc(-c2ccc(F)cc2)sc1C(C)NC(=O)C1(CN)CCOCC1. The first kappa shape index (κ1) is 18.9. The van der Waals surface area contributed by atoms with Gasteiger partial charge in [-0.3, -0.25) is 4.79 Å². The fraction of sp³-hybridized carbons (Fsp3) is 0.474. The number of halogens is 1. The van der Waals surface area contributed by atoms with Gasteiger partial charge in [-0.2, -0.15) is 0 Å². The Bertz CT molecular complexity index is 770. The molecule has 1 amide bonds. The number of nitrogens with one attached hydrogen (secondary N) is 1. The number of benzene rings is 1. The quantitative estimate of drug-likeness (QED) is 0.839. The molecule has 1 aromatic heterocycles. The molecule has 1 aliphatic heterocycles. The van der Waals surface area contributed by atoms with Crippen molar-refractivity contribution in [2.24, 2.45) is 11.1 Å². The van der Waals surface area contributed by atoms with Crippen LogP contribution in [-0.4, -0.2) is 30.6 Å². The van der Waals surface area contributed by atoms with E-state index < -0.39 is 5.41 Å². The summed E-state index contributed by atoms with van der Waals surface area (Å²) in [7, 11) is 0. The van der Waals surface area contributed by atoms with E-state index in [0.29, 0.717) is 32.6 Å². The van der Waals surface area contributed by atoms with Crippen molar-refractivity contribution in [3.63, 3.8) is 0 Å². The number of hydrogen-bond acceptors (Lipinski definition) is 5. The lowest BCUT2D eigenvalue weighted by atomic mass is 9.79. The highest BCUT2D eigenvalue weighted by atomic mass is 32.1. The Morgan fingerprint density at radius 1 is 1.38 bits per heavy atom. The van der Waals surface area contributed by atoms with Crippen LogP contribution in [0.4, 0.5) is 4.39 Å². The summed E-state index contributed by atoms with van der Waals surface area (Å²) in [6, 6.07) is 6.11. The van der Waals surface area contributed by atoms with E-state index in [0.717, 1.165) is 21.1 Å². The number of nitrogens with zero attached hydrogens (tertiary/aromatic N) is 1. The minimum absolute atomic E-state index is 0.0214. The lowest BCUT2D eigenvalue weighted by molar-refractivity contribution is -0.136. The van der Waals surface area contributed by atoms with Crippen LogP contribution in [0.2, 0.25) is 0 Å². The third-order valence-electron chi connectivity index (χ3n) is 4.99. The number of thiazole rings is 1. The van der Waals surface area contributed by atoms with Crippen LogP contribution in [0.25, 0.3) is 10.6 Å². The molecular formula is C19H24FN3O2S. The maximum Gasteiger partial charge on any atom is 0.228 e. The van der Waals surface area contributed by atoms with Gasteiger partial charge in [0.25, 0.3) is 0 Å². The number of rotatable bonds is 5. The number of carbonyl (C=O) groups is 1. The molecule has 0 spiro atoms. The van der Waals surface area contributed by atoms with Gasteiger partial charge in [0.2, 0.25) is 5.91 Å². The Morgan fingerprint density at radius 2 is 2.04 bits per heavy atom. The minimum atomic E-state index is -0.551. The van der Waals surface area contributed by atoms with Gasteiger partial charge < -0.3 is 15.8 Å². The maximum absolute atomic E-state index is 13.1. The zero-order chi connectivity index (χ0) is 18.7. The second-order valence-electron chi connectivity index (χ2n) is 6.77. The second kappa shape index (κ2) is 7.82. The highest BCUT2D eigenvalue weighted by Crippen LogP contribution is 2.34. The normalized spacial score (nSPS) is 17.7. The molecule has 1 unspecified atom stereocenters. The molecule has 7 heteroatoms. The van der Waals surface area contributed by atoms with Crippen molar-refractivity contribution in [2.75, 3.05) is 19.8 Å². The van der Waals surface area contributed by atoms with Crippen LogP contribution < -0.4 is 11.1 Å². The molecule has 5 nitrogen and oxygen atoms in total. The first-order valence-corrected chi connectivity index (χ1v) is 9.59. The molecule has 0 bridgehead atoms. The van der Waals surface area contributed by atoms with Crippen LogP contribution in [0.15, 0.2) is 24.3 Å². The molecule has 140 valence electrons. The second-order valence-corrected chi connectivity index (χ2v) is 7.80. The lowest BCUT2D eigenvalue weighted by Crippen LogP contribution is -2.49. The van der Waals surface area contributed by atoms with Gasteiger partial charge in [-0.1, -0.05) is 0 Å². The predicted octanol–water partition coefficient (Wildman–Crippen LogP) is 3.19. The molecule has 1 aromatic carbocycles. The zero-order valence-electron chi connectivity index (χ0n) is 15.0. The summed E-state index contributed by atoms with van der Waals surface area (Å²) < 4.78 is 18.5. The molecule has 0 radical (unpaired) electrons. The summed E-state index contributed by atoms with van der Waals surface area (Å²) >= 11 is 1.52. The van der Waals surface area contributed by atoms with Gasteiger partial charge in [-0.25, -0.2) is 9.37 Å². The standard InChI is InChI=1S/C19H24FN3O2S/c1-12-16(26-17(22-12)14-3-5-15(20)6-4-14)13(2)23-18(24)19(11-21)7-9-25-10-8-19/h3-6,13H,7-11,21H2,1-2H3,(H,23,24). The fourth-order valence-electron chi connectivity index (χ4n) is 3.23. The number of nitrogens with two attached hydrogens (primary N) is 1. The first-order chi connectivity index (χ1) is 12.4. The van der Waals surface area contributed by atoms with E-state index in [1.165, 1.54) is 23.5 Å². The van der Waals surface area contributed by atoms with Crippen molar-refractivity contribution >= 4 is 17.2 Å².